The van der Waals surface area contributed by atoms with Crippen molar-refractivity contribution in [2.24, 2.45) is 34.5 Å². The molecular formula is C33H44F6N2O2. The van der Waals surface area contributed by atoms with Crippen molar-refractivity contribution in [3.05, 3.63) is 34.9 Å². The quantitative estimate of drug-likeness (QED) is 0.365. The van der Waals surface area contributed by atoms with Crippen LogP contribution in [0.3, 0.4) is 0 Å². The molecule has 0 radical (unpaired) electrons. The van der Waals surface area contributed by atoms with Crippen LogP contribution in [-0.4, -0.2) is 59.0 Å². The number of fused-ring (bicyclic) bond motifs is 5. The highest BCUT2D eigenvalue weighted by molar-refractivity contribution is 5.87. The van der Waals surface area contributed by atoms with E-state index >= 15 is 0 Å². The monoisotopic (exact) mass is 614 g/mol. The Morgan fingerprint density at radius 3 is 2.23 bits per heavy atom. The normalized spacial score (nSPS) is 39.3. The molecule has 0 bridgehead atoms. The summed E-state index contributed by atoms with van der Waals surface area (Å²) in [6.07, 6.45) is -1.18. The van der Waals surface area contributed by atoms with Gasteiger partial charge in [-0.05, 0) is 98.1 Å². The minimum atomic E-state index is -4.87. The van der Waals surface area contributed by atoms with Crippen LogP contribution in [0, 0.1) is 34.5 Å². The molecule has 4 saturated carbocycles. The van der Waals surface area contributed by atoms with Gasteiger partial charge >= 0.3 is 12.4 Å². The summed E-state index contributed by atoms with van der Waals surface area (Å²) in [6, 6.07) is 1.89. The van der Waals surface area contributed by atoms with Crippen molar-refractivity contribution in [1.29, 1.82) is 0 Å². The van der Waals surface area contributed by atoms with E-state index in [1.54, 1.807) is 0 Å². The predicted molar refractivity (Wildman–Crippen MR) is 150 cm³/mol. The maximum atomic E-state index is 13.6. The van der Waals surface area contributed by atoms with Crippen molar-refractivity contribution in [2.75, 3.05) is 32.7 Å². The number of benzene rings is 1. The summed E-state index contributed by atoms with van der Waals surface area (Å²) >= 11 is 0. The molecule has 240 valence electrons. The molecule has 1 heterocycles. The summed E-state index contributed by atoms with van der Waals surface area (Å²) in [5.41, 5.74) is -3.44. The molecule has 5 fully saturated rings. The molecule has 0 spiro atoms. The summed E-state index contributed by atoms with van der Waals surface area (Å²) in [5, 5.41) is 11.8. The second-order valence-corrected chi connectivity index (χ2v) is 14.9. The number of halogens is 6. The van der Waals surface area contributed by atoms with E-state index in [2.05, 4.69) is 18.7 Å². The number of carbonyl (C=O) groups excluding carboxylic acids is 1. The molecule has 0 aromatic heterocycles. The number of hydrogen-bond acceptors (Lipinski definition) is 4. The molecule has 2 unspecified atom stereocenters. The van der Waals surface area contributed by atoms with Crippen LogP contribution in [0.2, 0.25) is 0 Å². The van der Waals surface area contributed by atoms with Crippen molar-refractivity contribution in [2.45, 2.75) is 96.1 Å². The largest absolute Gasteiger partial charge is 0.416 e. The van der Waals surface area contributed by atoms with Gasteiger partial charge in [-0.25, -0.2) is 0 Å². The van der Waals surface area contributed by atoms with E-state index in [4.69, 9.17) is 0 Å². The topological polar surface area (TPSA) is 43.8 Å². The summed E-state index contributed by atoms with van der Waals surface area (Å²) in [6.45, 7) is 7.25. The van der Waals surface area contributed by atoms with Gasteiger partial charge in [0.05, 0.1) is 16.7 Å². The molecule has 7 atom stereocenters. The highest BCUT2D eigenvalue weighted by Crippen LogP contribution is 2.66. The number of hydrogen-bond donors (Lipinski definition) is 1. The first-order valence-corrected chi connectivity index (χ1v) is 16.0. The fraction of sp³-hybridized carbons (Fsp3) is 0.788. The fourth-order valence-corrected chi connectivity index (χ4v) is 10.2. The Labute approximate surface area is 250 Å². The number of β-amino-alcohol motifs (C(OH)–C–C–N with tert-alkyl or cyclic N) is 1. The lowest BCUT2D eigenvalue weighted by molar-refractivity contribution is -0.158. The van der Waals surface area contributed by atoms with Gasteiger partial charge in [-0.3, -0.25) is 14.6 Å². The van der Waals surface area contributed by atoms with Gasteiger partial charge in [0.1, 0.15) is 5.78 Å². The molecule has 0 amide bonds. The zero-order valence-corrected chi connectivity index (χ0v) is 25.2. The zero-order valence-electron chi connectivity index (χ0n) is 25.2. The van der Waals surface area contributed by atoms with Crippen LogP contribution in [0.4, 0.5) is 26.3 Å². The van der Waals surface area contributed by atoms with E-state index in [1.807, 2.05) is 4.90 Å². The Hall–Kier alpha value is -1.65. The van der Waals surface area contributed by atoms with Gasteiger partial charge in [0.15, 0.2) is 0 Å². The second-order valence-electron chi connectivity index (χ2n) is 14.9. The molecule has 43 heavy (non-hydrogen) atoms. The number of aliphatic hydroxyl groups is 1. The molecule has 1 aromatic rings. The Kier molecular flexibility index (Phi) is 7.81. The highest BCUT2D eigenvalue weighted by Gasteiger charge is 2.61. The molecule has 4 nitrogen and oxygen atoms in total. The predicted octanol–water partition coefficient (Wildman–Crippen LogP) is 7.18. The van der Waals surface area contributed by atoms with Crippen LogP contribution in [-0.2, 0) is 23.7 Å². The number of ketones is 1. The highest BCUT2D eigenvalue weighted by atomic mass is 19.4. The van der Waals surface area contributed by atoms with Gasteiger partial charge in [0, 0.05) is 51.1 Å². The molecule has 4 aliphatic carbocycles. The third-order valence-corrected chi connectivity index (χ3v) is 12.6. The van der Waals surface area contributed by atoms with Crippen molar-refractivity contribution in [1.82, 2.24) is 9.80 Å². The van der Waals surface area contributed by atoms with Crippen molar-refractivity contribution < 1.29 is 36.2 Å². The Bertz CT molecular complexity index is 1230. The van der Waals surface area contributed by atoms with E-state index in [1.165, 1.54) is 0 Å². The van der Waals surface area contributed by atoms with Gasteiger partial charge in [-0.15, -0.1) is 0 Å². The number of nitrogens with zero attached hydrogens (tertiary/aromatic N) is 2. The first kappa shape index (κ1) is 31.3. The number of piperazine rings is 1. The van der Waals surface area contributed by atoms with E-state index < -0.39 is 29.1 Å². The standard InChI is InChI=1S/C33H44F6N2O2/c1-29-11-12-31(43,18-23(29)5-6-24-25-7-8-28(42)30(25,2)10-9-26(24)29)20-41-15-13-40(14-16-41)19-21-3-4-22(32(34,35)36)17-27(21)33(37,38)39/h3-4,17,23-26,43H,5-16,18-20H2,1-2H3/t23?,24-,25-,26+,29-,30-,31?/m0/s1. The molecular weight excluding hydrogens is 570 g/mol. The first-order chi connectivity index (χ1) is 20.0. The van der Waals surface area contributed by atoms with Gasteiger partial charge in [0.25, 0.3) is 0 Å². The minimum absolute atomic E-state index is 0.0697. The number of carbonyl (C=O) groups is 1. The lowest BCUT2D eigenvalue weighted by Crippen LogP contribution is -2.59. The zero-order chi connectivity index (χ0) is 31.0. The maximum Gasteiger partial charge on any atom is 0.416 e. The van der Waals surface area contributed by atoms with Crippen molar-refractivity contribution in [3.8, 4) is 0 Å². The Morgan fingerprint density at radius 1 is 0.860 bits per heavy atom. The average Bonchev–Trinajstić information content (AvgIpc) is 3.23. The molecule has 10 heteroatoms. The van der Waals surface area contributed by atoms with Crippen molar-refractivity contribution >= 4 is 5.78 Å². The average molecular weight is 615 g/mol. The lowest BCUT2D eigenvalue weighted by Gasteiger charge is -2.61. The van der Waals surface area contributed by atoms with E-state index in [9.17, 15) is 36.2 Å². The minimum Gasteiger partial charge on any atom is -0.389 e. The van der Waals surface area contributed by atoms with Crippen molar-refractivity contribution in [3.63, 3.8) is 0 Å². The van der Waals surface area contributed by atoms with E-state index in [0.29, 0.717) is 62.2 Å². The lowest BCUT2D eigenvalue weighted by atomic mass is 9.44. The SMILES string of the molecule is C[C@]12CCC(O)(CN3CCN(Cc4ccc(C(F)(F)F)cc4C(F)(F)F)CC3)CC1CC[C@@H]1[C@H]2CC[C@]2(C)C(=O)CC[C@@H]12. The molecule has 6 rings (SSSR count). The van der Waals surface area contributed by atoms with Crippen LogP contribution >= 0.6 is 0 Å². The molecule has 1 aliphatic heterocycles. The second kappa shape index (κ2) is 10.7. The van der Waals surface area contributed by atoms with Crippen LogP contribution < -0.4 is 0 Å². The van der Waals surface area contributed by atoms with Gasteiger partial charge in [0.2, 0.25) is 0 Å². The van der Waals surface area contributed by atoms with Crippen LogP contribution in [0.25, 0.3) is 0 Å². The summed E-state index contributed by atoms with van der Waals surface area (Å²) in [7, 11) is 0. The van der Waals surface area contributed by atoms with Gasteiger partial charge in [-0.2, -0.15) is 26.3 Å². The molecule has 1 N–H and O–H groups in total. The van der Waals surface area contributed by atoms with E-state index in [-0.39, 0.29) is 29.0 Å². The number of rotatable bonds is 4. The number of alkyl halides is 6. The Morgan fingerprint density at radius 2 is 1.56 bits per heavy atom. The van der Waals surface area contributed by atoms with Crippen LogP contribution in [0.5, 0.6) is 0 Å². The maximum absolute atomic E-state index is 13.6. The molecule has 1 saturated heterocycles. The number of Topliss-reactive ketones (excluding diaryl/α,β-unsaturated/α-hetero) is 1. The fourth-order valence-electron chi connectivity index (χ4n) is 10.2. The first-order valence-electron chi connectivity index (χ1n) is 16.0. The van der Waals surface area contributed by atoms with Crippen LogP contribution in [0.1, 0.15) is 88.3 Å². The molecule has 1 aromatic carbocycles. The summed E-state index contributed by atoms with van der Waals surface area (Å²) in [5.74, 6) is 2.61. The smallest absolute Gasteiger partial charge is 0.389 e. The third-order valence-electron chi connectivity index (χ3n) is 12.6. The van der Waals surface area contributed by atoms with Crippen LogP contribution in [0.15, 0.2) is 18.2 Å². The third kappa shape index (κ3) is 5.66. The summed E-state index contributed by atoms with van der Waals surface area (Å²) in [4.78, 5) is 16.8. The molecule has 5 aliphatic rings. The van der Waals surface area contributed by atoms with Gasteiger partial charge in [-0.1, -0.05) is 19.9 Å². The van der Waals surface area contributed by atoms with Gasteiger partial charge < -0.3 is 5.11 Å². The van der Waals surface area contributed by atoms with E-state index in [0.717, 1.165) is 69.9 Å². The Balaban J connectivity index is 1.05. The summed E-state index contributed by atoms with van der Waals surface area (Å²) < 4.78 is 80.1.